The van der Waals surface area contributed by atoms with Crippen molar-refractivity contribution in [2.75, 3.05) is 13.1 Å². The maximum atomic E-state index is 12.4. The molecule has 2 aromatic heterocycles. The van der Waals surface area contributed by atoms with E-state index in [0.29, 0.717) is 6.42 Å². The van der Waals surface area contributed by atoms with Gasteiger partial charge in [-0.1, -0.05) is 6.92 Å². The van der Waals surface area contributed by atoms with Crippen LogP contribution in [0.2, 0.25) is 0 Å². The molecule has 1 unspecified atom stereocenters. The van der Waals surface area contributed by atoms with Crippen LogP contribution in [0.15, 0.2) is 24.5 Å². The summed E-state index contributed by atoms with van der Waals surface area (Å²) in [5.74, 6) is 2.21. The number of carbonyl (C=O) groups excluding carboxylic acids is 1. The molecule has 2 aliphatic heterocycles. The van der Waals surface area contributed by atoms with E-state index >= 15 is 0 Å². The molecule has 7 nitrogen and oxygen atoms in total. The molecule has 0 radical (unpaired) electrons. The molecule has 0 aliphatic carbocycles. The lowest BCUT2D eigenvalue weighted by Crippen LogP contribution is -2.40. The van der Waals surface area contributed by atoms with Crippen LogP contribution in [0.4, 0.5) is 0 Å². The summed E-state index contributed by atoms with van der Waals surface area (Å²) < 4.78 is 2.25. The molecule has 1 fully saturated rings. The van der Waals surface area contributed by atoms with E-state index < -0.39 is 0 Å². The number of pyridine rings is 1. The molecule has 26 heavy (non-hydrogen) atoms. The molecule has 7 heteroatoms. The zero-order valence-electron chi connectivity index (χ0n) is 15.3. The second-order valence-electron chi connectivity index (χ2n) is 7.14. The van der Waals surface area contributed by atoms with E-state index in [1.165, 1.54) is 5.56 Å². The average Bonchev–Trinajstić information content (AvgIpc) is 3.11. The summed E-state index contributed by atoms with van der Waals surface area (Å²) in [7, 11) is 0. The van der Waals surface area contributed by atoms with Gasteiger partial charge in [-0.25, -0.2) is 0 Å². The molecule has 1 atom stereocenters. The number of piperidine rings is 1. The van der Waals surface area contributed by atoms with Crippen LogP contribution >= 0.6 is 0 Å². The molecule has 0 spiro atoms. The first-order valence-electron chi connectivity index (χ1n) is 9.59. The van der Waals surface area contributed by atoms with Gasteiger partial charge in [0.25, 0.3) is 0 Å². The number of likely N-dealkylation sites (tertiary alicyclic amines) is 1. The second kappa shape index (κ2) is 7.53. The predicted octanol–water partition coefficient (Wildman–Crippen LogP) is 2.15. The molecular formula is C19H26N6O. The predicted molar refractivity (Wildman–Crippen MR) is 97.0 cm³/mol. The van der Waals surface area contributed by atoms with Crippen LogP contribution in [0.3, 0.4) is 0 Å². The van der Waals surface area contributed by atoms with Crippen molar-refractivity contribution in [2.45, 2.75) is 58.3 Å². The van der Waals surface area contributed by atoms with Gasteiger partial charge in [0.05, 0.1) is 12.6 Å². The molecule has 4 heterocycles. The van der Waals surface area contributed by atoms with E-state index in [-0.39, 0.29) is 11.9 Å². The normalized spacial score (nSPS) is 20.8. The summed E-state index contributed by atoms with van der Waals surface area (Å²) in [6.07, 6.45) is 7.45. The van der Waals surface area contributed by atoms with Crippen LogP contribution in [-0.4, -0.2) is 48.5 Å². The van der Waals surface area contributed by atoms with Gasteiger partial charge in [0.2, 0.25) is 5.91 Å². The number of fused-ring (bicyclic) bond motifs is 1. The second-order valence-corrected chi connectivity index (χ2v) is 7.14. The van der Waals surface area contributed by atoms with Crippen molar-refractivity contribution in [3.05, 3.63) is 41.7 Å². The van der Waals surface area contributed by atoms with E-state index in [1.54, 1.807) is 0 Å². The van der Waals surface area contributed by atoms with Crippen molar-refractivity contribution in [3.63, 3.8) is 0 Å². The molecule has 0 N–H and O–H groups in total. The van der Waals surface area contributed by atoms with Crippen LogP contribution in [0.25, 0.3) is 0 Å². The third-order valence-electron chi connectivity index (χ3n) is 5.44. The minimum Gasteiger partial charge on any atom is -0.332 e. The lowest BCUT2D eigenvalue weighted by Gasteiger charge is -2.36. The molecule has 2 aliphatic rings. The largest absolute Gasteiger partial charge is 0.332 e. The molecule has 138 valence electrons. The molecule has 1 amide bonds. The van der Waals surface area contributed by atoms with Gasteiger partial charge in [-0.15, -0.1) is 10.2 Å². The number of carbonyl (C=O) groups is 1. The molecular weight excluding hydrogens is 328 g/mol. The van der Waals surface area contributed by atoms with Gasteiger partial charge in [-0.3, -0.25) is 14.7 Å². The van der Waals surface area contributed by atoms with Crippen molar-refractivity contribution in [1.82, 2.24) is 29.5 Å². The Morgan fingerprint density at radius 1 is 1.15 bits per heavy atom. The Labute approximate surface area is 154 Å². The summed E-state index contributed by atoms with van der Waals surface area (Å²) in [4.78, 5) is 20.8. The first-order valence-corrected chi connectivity index (χ1v) is 9.59. The summed E-state index contributed by atoms with van der Waals surface area (Å²) in [6, 6.07) is 4.20. The van der Waals surface area contributed by atoms with Crippen molar-refractivity contribution >= 4 is 5.91 Å². The zero-order valence-corrected chi connectivity index (χ0v) is 15.3. The van der Waals surface area contributed by atoms with Crippen molar-refractivity contribution in [3.8, 4) is 0 Å². The van der Waals surface area contributed by atoms with E-state index in [2.05, 4.69) is 36.8 Å². The SMILES string of the molecule is CCC(=O)N1CCCCC1c1nnc2n1CCN(Cc1ccncc1)C2. The molecule has 4 rings (SSSR count). The van der Waals surface area contributed by atoms with E-state index in [4.69, 9.17) is 0 Å². The quantitative estimate of drug-likeness (QED) is 0.842. The number of nitrogens with zero attached hydrogens (tertiary/aromatic N) is 6. The lowest BCUT2D eigenvalue weighted by atomic mass is 10.0. The van der Waals surface area contributed by atoms with Gasteiger partial charge >= 0.3 is 0 Å². The third-order valence-corrected chi connectivity index (χ3v) is 5.44. The van der Waals surface area contributed by atoms with Crippen LogP contribution < -0.4 is 0 Å². The minimum absolute atomic E-state index is 0.0872. The highest BCUT2D eigenvalue weighted by molar-refractivity contribution is 5.76. The smallest absolute Gasteiger partial charge is 0.222 e. The molecule has 0 saturated carbocycles. The lowest BCUT2D eigenvalue weighted by molar-refractivity contribution is -0.135. The van der Waals surface area contributed by atoms with Crippen molar-refractivity contribution in [1.29, 1.82) is 0 Å². The molecule has 2 aromatic rings. The summed E-state index contributed by atoms with van der Waals surface area (Å²) in [5, 5.41) is 8.98. The van der Waals surface area contributed by atoms with Gasteiger partial charge in [0.1, 0.15) is 5.82 Å². The first kappa shape index (κ1) is 17.1. The molecule has 0 bridgehead atoms. The van der Waals surface area contributed by atoms with Gasteiger partial charge in [-0.2, -0.15) is 0 Å². The molecule has 1 saturated heterocycles. The fourth-order valence-corrected chi connectivity index (χ4v) is 4.06. The zero-order chi connectivity index (χ0) is 17.9. The Kier molecular flexibility index (Phi) is 4.97. The highest BCUT2D eigenvalue weighted by atomic mass is 16.2. The highest BCUT2D eigenvalue weighted by Crippen LogP contribution is 2.31. The Morgan fingerprint density at radius 2 is 2.00 bits per heavy atom. The van der Waals surface area contributed by atoms with Crippen molar-refractivity contribution in [2.24, 2.45) is 0 Å². The summed E-state index contributed by atoms with van der Waals surface area (Å²) in [6.45, 7) is 6.32. The maximum Gasteiger partial charge on any atom is 0.222 e. The number of hydrogen-bond acceptors (Lipinski definition) is 5. The number of rotatable bonds is 4. The van der Waals surface area contributed by atoms with Gasteiger partial charge in [-0.05, 0) is 37.0 Å². The molecule has 0 aromatic carbocycles. The van der Waals surface area contributed by atoms with E-state index in [0.717, 1.165) is 63.6 Å². The fraction of sp³-hybridized carbons (Fsp3) is 0.579. The van der Waals surface area contributed by atoms with Gasteiger partial charge in [0.15, 0.2) is 5.82 Å². The van der Waals surface area contributed by atoms with Crippen LogP contribution in [0.5, 0.6) is 0 Å². The van der Waals surface area contributed by atoms with Gasteiger partial charge < -0.3 is 9.47 Å². The van der Waals surface area contributed by atoms with Crippen LogP contribution in [0.1, 0.15) is 55.9 Å². The Balaban J connectivity index is 1.51. The van der Waals surface area contributed by atoms with Crippen LogP contribution in [-0.2, 0) is 24.4 Å². The van der Waals surface area contributed by atoms with Gasteiger partial charge in [0, 0.05) is 45.0 Å². The summed E-state index contributed by atoms with van der Waals surface area (Å²) >= 11 is 0. The Hall–Kier alpha value is -2.28. The average molecular weight is 354 g/mol. The Morgan fingerprint density at radius 3 is 2.81 bits per heavy atom. The minimum atomic E-state index is 0.0872. The van der Waals surface area contributed by atoms with E-state index in [1.807, 2.05) is 24.2 Å². The van der Waals surface area contributed by atoms with Crippen molar-refractivity contribution < 1.29 is 4.79 Å². The monoisotopic (exact) mass is 354 g/mol. The number of hydrogen-bond donors (Lipinski definition) is 0. The summed E-state index contributed by atoms with van der Waals surface area (Å²) in [5.41, 5.74) is 1.26. The first-order chi connectivity index (χ1) is 12.8. The highest BCUT2D eigenvalue weighted by Gasteiger charge is 2.33. The maximum absolute atomic E-state index is 12.4. The number of amides is 1. The Bertz CT molecular complexity index is 759. The standard InChI is InChI=1S/C19H26N6O/c1-2-18(26)24-10-4-3-5-16(24)19-22-21-17-14-23(11-12-25(17)19)13-15-6-8-20-9-7-15/h6-9,16H,2-5,10-14H2,1H3. The number of aromatic nitrogens is 4. The third kappa shape index (κ3) is 3.35. The van der Waals surface area contributed by atoms with E-state index in [9.17, 15) is 4.79 Å². The topological polar surface area (TPSA) is 67.2 Å². The fourth-order valence-electron chi connectivity index (χ4n) is 4.06. The van der Waals surface area contributed by atoms with Crippen LogP contribution in [0, 0.1) is 0 Å².